The van der Waals surface area contributed by atoms with Crippen LogP contribution >= 0.6 is 22.9 Å². The molecule has 0 aliphatic rings. The number of carbonyl (C=O) groups is 2. The fourth-order valence-electron chi connectivity index (χ4n) is 1.63. The Hall–Kier alpha value is -2.12. The molecule has 8 heteroatoms. The van der Waals surface area contributed by atoms with Gasteiger partial charge in [0, 0.05) is 21.8 Å². The molecule has 0 atom stereocenters. The van der Waals surface area contributed by atoms with E-state index in [1.165, 1.54) is 17.4 Å². The van der Waals surface area contributed by atoms with Crippen molar-refractivity contribution in [3.05, 3.63) is 40.4 Å². The molecule has 1 aromatic heterocycles. The Balaban J connectivity index is 2.23. The van der Waals surface area contributed by atoms with Crippen LogP contribution in [0.4, 0.5) is 15.6 Å². The zero-order valence-electron chi connectivity index (χ0n) is 11.0. The number of aromatic nitrogens is 1. The number of rotatable bonds is 4. The summed E-state index contributed by atoms with van der Waals surface area (Å²) in [7, 11) is 0. The summed E-state index contributed by atoms with van der Waals surface area (Å²) in [6.07, 6.45) is 1.63. The number of hydrogen-bond acceptors (Lipinski definition) is 4. The van der Waals surface area contributed by atoms with Gasteiger partial charge in [0.25, 0.3) is 0 Å². The minimum Gasteiger partial charge on any atom is -0.480 e. The van der Waals surface area contributed by atoms with Crippen LogP contribution in [0.3, 0.4) is 0 Å². The number of carbonyl (C=O) groups excluding carboxylic acids is 1. The average Bonchev–Trinajstić information content (AvgIpc) is 2.81. The van der Waals surface area contributed by atoms with Crippen molar-refractivity contribution in [2.24, 2.45) is 0 Å². The number of benzene rings is 1. The van der Waals surface area contributed by atoms with Crippen molar-refractivity contribution in [3.8, 4) is 0 Å². The number of thiazole rings is 1. The monoisotopic (exact) mass is 325 g/mol. The van der Waals surface area contributed by atoms with Gasteiger partial charge in [-0.3, -0.25) is 15.0 Å². The van der Waals surface area contributed by atoms with Crippen LogP contribution < -0.4 is 10.2 Å². The molecule has 0 bridgehead atoms. The maximum absolute atomic E-state index is 12.2. The zero-order valence-corrected chi connectivity index (χ0v) is 12.6. The standard InChI is InChI=1S/C13H12ClN3O3S/c1-8-6-15-12(21-8)16-13(20)17(7-11(18)19)10-4-2-3-9(14)5-10/h2-6H,7H2,1H3,(H,18,19)(H,15,16,20). The number of hydrogen-bond donors (Lipinski definition) is 2. The van der Waals surface area contributed by atoms with E-state index in [-0.39, 0.29) is 0 Å². The van der Waals surface area contributed by atoms with Crippen molar-refractivity contribution >= 4 is 45.8 Å². The summed E-state index contributed by atoms with van der Waals surface area (Å²) >= 11 is 7.19. The predicted octanol–water partition coefficient (Wildman–Crippen LogP) is 3.23. The molecule has 0 fully saturated rings. The van der Waals surface area contributed by atoms with E-state index < -0.39 is 18.5 Å². The molecule has 1 heterocycles. The zero-order chi connectivity index (χ0) is 15.4. The third-order valence-corrected chi connectivity index (χ3v) is 3.56. The number of aliphatic carboxylic acids is 1. The van der Waals surface area contributed by atoms with Gasteiger partial charge in [-0.25, -0.2) is 9.78 Å². The van der Waals surface area contributed by atoms with E-state index >= 15 is 0 Å². The smallest absolute Gasteiger partial charge is 0.328 e. The predicted molar refractivity (Wildman–Crippen MR) is 82.3 cm³/mol. The molecule has 0 aliphatic heterocycles. The highest BCUT2D eigenvalue weighted by atomic mass is 35.5. The van der Waals surface area contributed by atoms with Crippen molar-refractivity contribution in [1.82, 2.24) is 4.98 Å². The number of urea groups is 1. The van der Waals surface area contributed by atoms with Crippen LogP contribution in [0.1, 0.15) is 4.88 Å². The first-order valence-electron chi connectivity index (χ1n) is 5.94. The Morgan fingerprint density at radius 3 is 2.81 bits per heavy atom. The molecule has 2 N–H and O–H groups in total. The van der Waals surface area contributed by atoms with E-state index in [9.17, 15) is 9.59 Å². The van der Waals surface area contributed by atoms with Crippen molar-refractivity contribution in [2.45, 2.75) is 6.92 Å². The highest BCUT2D eigenvalue weighted by Crippen LogP contribution is 2.22. The van der Waals surface area contributed by atoms with Crippen LogP contribution in [-0.4, -0.2) is 28.6 Å². The summed E-state index contributed by atoms with van der Waals surface area (Å²) in [6.45, 7) is 1.38. The molecule has 21 heavy (non-hydrogen) atoms. The molecule has 0 radical (unpaired) electrons. The number of anilines is 2. The van der Waals surface area contributed by atoms with E-state index in [1.807, 2.05) is 6.92 Å². The molecule has 2 aromatic rings. The lowest BCUT2D eigenvalue weighted by molar-refractivity contribution is -0.135. The van der Waals surface area contributed by atoms with Crippen LogP contribution in [-0.2, 0) is 4.79 Å². The summed E-state index contributed by atoms with van der Waals surface area (Å²) in [6, 6.07) is 5.85. The number of aryl methyl sites for hydroxylation is 1. The summed E-state index contributed by atoms with van der Waals surface area (Å²) in [5.41, 5.74) is 0.399. The molecule has 0 unspecified atom stereocenters. The van der Waals surface area contributed by atoms with Gasteiger partial charge in [0.1, 0.15) is 6.54 Å². The van der Waals surface area contributed by atoms with Gasteiger partial charge in [0.2, 0.25) is 0 Å². The molecule has 0 aliphatic carbocycles. The van der Waals surface area contributed by atoms with Gasteiger partial charge in [0.15, 0.2) is 5.13 Å². The number of carboxylic acid groups (broad SMARTS) is 1. The third-order valence-electron chi connectivity index (χ3n) is 2.49. The van der Waals surface area contributed by atoms with Crippen LogP contribution in [0, 0.1) is 6.92 Å². The quantitative estimate of drug-likeness (QED) is 0.904. The lowest BCUT2D eigenvalue weighted by atomic mass is 10.3. The lowest BCUT2D eigenvalue weighted by Gasteiger charge is -2.20. The molecule has 1 aromatic carbocycles. The maximum atomic E-state index is 12.2. The first kappa shape index (κ1) is 15.3. The van der Waals surface area contributed by atoms with E-state index in [0.717, 1.165) is 9.78 Å². The van der Waals surface area contributed by atoms with Gasteiger partial charge in [-0.2, -0.15) is 0 Å². The van der Waals surface area contributed by atoms with Crippen molar-refractivity contribution in [3.63, 3.8) is 0 Å². The van der Waals surface area contributed by atoms with Crippen LogP contribution in [0.25, 0.3) is 0 Å². The third kappa shape index (κ3) is 4.17. The van der Waals surface area contributed by atoms with E-state index in [0.29, 0.717) is 15.8 Å². The normalized spacial score (nSPS) is 10.2. The van der Waals surface area contributed by atoms with Gasteiger partial charge < -0.3 is 5.11 Å². The number of nitrogens with zero attached hydrogens (tertiary/aromatic N) is 2. The number of carboxylic acids is 1. The highest BCUT2D eigenvalue weighted by molar-refractivity contribution is 7.15. The van der Waals surface area contributed by atoms with Crippen molar-refractivity contribution in [2.75, 3.05) is 16.8 Å². The fourth-order valence-corrected chi connectivity index (χ4v) is 2.47. The SMILES string of the molecule is Cc1cnc(NC(=O)N(CC(=O)O)c2cccc(Cl)c2)s1. The van der Waals surface area contributed by atoms with Crippen molar-refractivity contribution in [1.29, 1.82) is 0 Å². The molecule has 0 saturated carbocycles. The van der Waals surface area contributed by atoms with Crippen LogP contribution in [0.15, 0.2) is 30.5 Å². The summed E-state index contributed by atoms with van der Waals surface area (Å²) in [5.74, 6) is -1.12. The maximum Gasteiger partial charge on any atom is 0.328 e. The molecular formula is C13H12ClN3O3S. The van der Waals surface area contributed by atoms with Gasteiger partial charge in [-0.1, -0.05) is 17.7 Å². The Kier molecular flexibility index (Phi) is 4.77. The summed E-state index contributed by atoms with van der Waals surface area (Å²) in [5, 5.41) is 12.4. The molecule has 6 nitrogen and oxygen atoms in total. The topological polar surface area (TPSA) is 82.5 Å². The minimum atomic E-state index is -1.12. The molecule has 0 saturated heterocycles. The lowest BCUT2D eigenvalue weighted by Crippen LogP contribution is -2.38. The Bertz CT molecular complexity index is 674. The highest BCUT2D eigenvalue weighted by Gasteiger charge is 2.20. The summed E-state index contributed by atoms with van der Waals surface area (Å²) in [4.78, 5) is 29.3. The van der Waals surface area contributed by atoms with Crippen molar-refractivity contribution < 1.29 is 14.7 Å². The fraction of sp³-hybridized carbons (Fsp3) is 0.154. The minimum absolute atomic E-state index is 0.399. The summed E-state index contributed by atoms with van der Waals surface area (Å²) < 4.78 is 0. The van der Waals surface area contributed by atoms with Crippen LogP contribution in [0.5, 0.6) is 0 Å². The van der Waals surface area contributed by atoms with Crippen LogP contribution in [0.2, 0.25) is 5.02 Å². The molecule has 110 valence electrons. The van der Waals surface area contributed by atoms with Gasteiger partial charge in [-0.15, -0.1) is 11.3 Å². The number of halogens is 1. The first-order valence-corrected chi connectivity index (χ1v) is 7.13. The van der Waals surface area contributed by atoms with Gasteiger partial charge in [0.05, 0.1) is 0 Å². The van der Waals surface area contributed by atoms with E-state index in [2.05, 4.69) is 10.3 Å². The number of amides is 2. The largest absolute Gasteiger partial charge is 0.480 e. The first-order chi connectivity index (χ1) is 9.95. The second-order valence-electron chi connectivity index (χ2n) is 4.17. The second kappa shape index (κ2) is 6.55. The van der Waals surface area contributed by atoms with Gasteiger partial charge >= 0.3 is 12.0 Å². The average molecular weight is 326 g/mol. The molecule has 0 spiro atoms. The number of nitrogens with one attached hydrogen (secondary N) is 1. The molecule has 2 rings (SSSR count). The second-order valence-corrected chi connectivity index (χ2v) is 5.84. The Labute approximate surface area is 130 Å². The van der Waals surface area contributed by atoms with Gasteiger partial charge in [-0.05, 0) is 25.1 Å². The molecule has 2 amide bonds. The molecular weight excluding hydrogens is 314 g/mol. The van der Waals surface area contributed by atoms with E-state index in [4.69, 9.17) is 16.7 Å². The Morgan fingerprint density at radius 2 is 2.24 bits per heavy atom. The van der Waals surface area contributed by atoms with E-state index in [1.54, 1.807) is 24.4 Å². The Morgan fingerprint density at radius 1 is 1.48 bits per heavy atom.